The zero-order valence-electron chi connectivity index (χ0n) is 15.6. The van der Waals surface area contributed by atoms with Crippen LogP contribution in [0.3, 0.4) is 0 Å². The Hall–Kier alpha value is -1.69. The number of carbonyl (C=O) groups excluding carboxylic acids is 1. The molecular weight excluding hydrogens is 442 g/mol. The van der Waals surface area contributed by atoms with Crippen molar-refractivity contribution in [1.82, 2.24) is 24.1 Å². The van der Waals surface area contributed by atoms with E-state index in [0.29, 0.717) is 5.03 Å². The Morgan fingerprint density at radius 1 is 1.36 bits per heavy atom. The van der Waals surface area contributed by atoms with Crippen molar-refractivity contribution in [3.8, 4) is 0 Å². The largest absolute Gasteiger partial charge is 0.273 e. The number of hydrogen-bond acceptors (Lipinski definition) is 8. The van der Waals surface area contributed by atoms with Gasteiger partial charge in [0.1, 0.15) is 21.4 Å². The van der Waals surface area contributed by atoms with E-state index in [2.05, 4.69) is 15.1 Å². The molecule has 0 unspecified atom stereocenters. The molecule has 0 bridgehead atoms. The highest BCUT2D eigenvalue weighted by molar-refractivity contribution is 8.00. The number of fused-ring (bicyclic) bond motifs is 1. The van der Waals surface area contributed by atoms with Crippen molar-refractivity contribution in [3.05, 3.63) is 28.1 Å². The lowest BCUT2D eigenvalue weighted by Gasteiger charge is -2.20. The van der Waals surface area contributed by atoms with E-state index < -0.39 is 15.9 Å². The molecule has 0 atom stereocenters. The van der Waals surface area contributed by atoms with Crippen molar-refractivity contribution >= 4 is 60.8 Å². The highest BCUT2D eigenvalue weighted by atomic mass is 35.5. The van der Waals surface area contributed by atoms with Gasteiger partial charge in [0.2, 0.25) is 5.91 Å². The van der Waals surface area contributed by atoms with E-state index >= 15 is 0 Å². The second-order valence-electron chi connectivity index (χ2n) is 5.96. The van der Waals surface area contributed by atoms with Crippen LogP contribution in [-0.4, -0.2) is 50.7 Å². The topological polar surface area (TPSA) is 98.1 Å². The Morgan fingerprint density at radius 3 is 2.68 bits per heavy atom. The molecule has 3 rings (SSSR count). The molecule has 12 heteroatoms. The monoisotopic (exact) mass is 459 g/mol. The Labute approximate surface area is 176 Å². The fourth-order valence-electron chi connectivity index (χ4n) is 2.75. The van der Waals surface area contributed by atoms with Gasteiger partial charge in [-0.1, -0.05) is 23.4 Å². The number of rotatable bonds is 6. The Bertz CT molecular complexity index is 1160. The van der Waals surface area contributed by atoms with Gasteiger partial charge >= 0.3 is 0 Å². The van der Waals surface area contributed by atoms with E-state index in [1.54, 1.807) is 20.9 Å². The van der Waals surface area contributed by atoms with Gasteiger partial charge in [0.15, 0.2) is 0 Å². The van der Waals surface area contributed by atoms with Crippen LogP contribution < -0.4 is 0 Å². The lowest BCUT2D eigenvalue weighted by atomic mass is 10.3. The molecular formula is C16H18ClN5O3S3. The third kappa shape index (κ3) is 3.63. The summed E-state index contributed by atoms with van der Waals surface area (Å²) in [6, 6.07) is 0. The number of aryl methyl sites for hydroxylation is 3. The average molecular weight is 460 g/mol. The van der Waals surface area contributed by atoms with Crippen LogP contribution in [0, 0.1) is 13.8 Å². The van der Waals surface area contributed by atoms with Gasteiger partial charge in [-0.25, -0.2) is 22.7 Å². The van der Waals surface area contributed by atoms with Gasteiger partial charge in [0.25, 0.3) is 10.0 Å². The van der Waals surface area contributed by atoms with E-state index in [1.165, 1.54) is 34.1 Å². The van der Waals surface area contributed by atoms with Crippen LogP contribution in [0.15, 0.2) is 21.6 Å². The van der Waals surface area contributed by atoms with Crippen LogP contribution in [0.4, 0.5) is 0 Å². The first-order valence-corrected chi connectivity index (χ1v) is 11.9. The molecule has 3 heterocycles. The van der Waals surface area contributed by atoms with Crippen LogP contribution >= 0.6 is 34.7 Å². The van der Waals surface area contributed by atoms with Gasteiger partial charge in [-0.3, -0.25) is 9.48 Å². The first kappa shape index (κ1) is 21.0. The number of nitrogens with zero attached hydrogens (tertiary/aromatic N) is 5. The molecule has 3 aromatic rings. The van der Waals surface area contributed by atoms with Gasteiger partial charge < -0.3 is 0 Å². The SMILES string of the molecule is CCN(C(=O)CSc1ncnc2c(C)csc12)S(=O)(=O)c1c(C)nn(C)c1Cl. The van der Waals surface area contributed by atoms with Crippen molar-refractivity contribution in [2.45, 2.75) is 30.7 Å². The fraction of sp³-hybridized carbons (Fsp3) is 0.375. The number of halogens is 1. The predicted octanol–water partition coefficient (Wildman–Crippen LogP) is 3.02. The van der Waals surface area contributed by atoms with Gasteiger partial charge in [-0.15, -0.1) is 11.3 Å². The average Bonchev–Trinajstić information content (AvgIpc) is 3.13. The first-order valence-electron chi connectivity index (χ1n) is 8.24. The molecule has 0 fully saturated rings. The van der Waals surface area contributed by atoms with E-state index in [-0.39, 0.29) is 28.0 Å². The molecule has 0 aliphatic heterocycles. The van der Waals surface area contributed by atoms with Crippen molar-refractivity contribution < 1.29 is 13.2 Å². The maximum absolute atomic E-state index is 13.0. The summed E-state index contributed by atoms with van der Waals surface area (Å²) < 4.78 is 29.0. The number of carbonyl (C=O) groups is 1. The molecule has 0 aliphatic rings. The molecule has 150 valence electrons. The number of amides is 1. The molecule has 28 heavy (non-hydrogen) atoms. The van der Waals surface area contributed by atoms with E-state index in [4.69, 9.17) is 11.6 Å². The van der Waals surface area contributed by atoms with Crippen LogP contribution in [0.1, 0.15) is 18.2 Å². The molecule has 0 N–H and O–H groups in total. The van der Waals surface area contributed by atoms with Crippen molar-refractivity contribution in [2.75, 3.05) is 12.3 Å². The third-order valence-corrected chi connectivity index (χ3v) is 8.83. The van der Waals surface area contributed by atoms with E-state index in [9.17, 15) is 13.2 Å². The van der Waals surface area contributed by atoms with Crippen molar-refractivity contribution in [2.24, 2.45) is 7.05 Å². The van der Waals surface area contributed by atoms with Gasteiger partial charge in [-0.2, -0.15) is 5.10 Å². The summed E-state index contributed by atoms with van der Waals surface area (Å²) >= 11 is 8.80. The number of thiophene rings is 1. The maximum Gasteiger partial charge on any atom is 0.271 e. The molecule has 0 aromatic carbocycles. The molecule has 0 saturated heterocycles. The quantitative estimate of drug-likeness (QED) is 0.412. The minimum atomic E-state index is -4.11. The predicted molar refractivity (Wildman–Crippen MR) is 110 cm³/mol. The summed E-state index contributed by atoms with van der Waals surface area (Å²) in [6.45, 7) is 5.09. The third-order valence-electron chi connectivity index (χ3n) is 4.04. The zero-order valence-corrected chi connectivity index (χ0v) is 18.8. The minimum absolute atomic E-state index is 0.0102. The molecule has 0 saturated carbocycles. The lowest BCUT2D eigenvalue weighted by molar-refractivity contribution is -0.123. The highest BCUT2D eigenvalue weighted by Gasteiger charge is 2.33. The molecule has 0 radical (unpaired) electrons. The fourth-order valence-corrected chi connectivity index (χ4v) is 6.92. The molecule has 0 spiro atoms. The van der Waals surface area contributed by atoms with Gasteiger partial charge in [0.05, 0.1) is 21.7 Å². The van der Waals surface area contributed by atoms with Gasteiger partial charge in [-0.05, 0) is 31.7 Å². The van der Waals surface area contributed by atoms with Crippen molar-refractivity contribution in [3.63, 3.8) is 0 Å². The molecule has 3 aromatic heterocycles. The van der Waals surface area contributed by atoms with Crippen LogP contribution in [0.5, 0.6) is 0 Å². The summed E-state index contributed by atoms with van der Waals surface area (Å²) in [6.07, 6.45) is 1.45. The van der Waals surface area contributed by atoms with Crippen LogP contribution in [0.2, 0.25) is 5.15 Å². The summed E-state index contributed by atoms with van der Waals surface area (Å²) in [4.78, 5) is 21.1. The van der Waals surface area contributed by atoms with Crippen LogP contribution in [0.25, 0.3) is 10.2 Å². The van der Waals surface area contributed by atoms with Crippen LogP contribution in [-0.2, 0) is 21.9 Å². The van der Waals surface area contributed by atoms with Gasteiger partial charge in [0, 0.05) is 13.6 Å². The smallest absolute Gasteiger partial charge is 0.271 e. The normalized spacial score (nSPS) is 11.9. The van der Waals surface area contributed by atoms with E-state index in [1.807, 2.05) is 12.3 Å². The Balaban J connectivity index is 1.85. The summed E-state index contributed by atoms with van der Waals surface area (Å²) in [5.41, 5.74) is 2.13. The maximum atomic E-state index is 13.0. The highest BCUT2D eigenvalue weighted by Crippen LogP contribution is 2.32. The summed E-state index contributed by atoms with van der Waals surface area (Å²) in [5, 5.41) is 6.63. The Morgan fingerprint density at radius 2 is 2.07 bits per heavy atom. The first-order chi connectivity index (χ1) is 13.2. The summed E-state index contributed by atoms with van der Waals surface area (Å²) in [5.74, 6) is -0.626. The minimum Gasteiger partial charge on any atom is -0.273 e. The second kappa shape index (κ2) is 7.97. The standard InChI is InChI=1S/C16H18ClN5O3S3/c1-5-22(28(24,25)14-10(3)20-21(4)15(14)17)11(23)7-27-16-13-12(18-8-19-16)9(2)6-26-13/h6,8H,5,7H2,1-4H3. The zero-order chi connectivity index (χ0) is 20.6. The summed E-state index contributed by atoms with van der Waals surface area (Å²) in [7, 11) is -2.56. The number of sulfonamides is 1. The lowest BCUT2D eigenvalue weighted by Crippen LogP contribution is -2.38. The van der Waals surface area contributed by atoms with E-state index in [0.717, 1.165) is 20.1 Å². The molecule has 8 nitrogen and oxygen atoms in total. The number of hydrogen-bond donors (Lipinski definition) is 0. The Kier molecular flexibility index (Phi) is 5.99. The number of thioether (sulfide) groups is 1. The molecule has 1 amide bonds. The van der Waals surface area contributed by atoms with Crippen molar-refractivity contribution in [1.29, 1.82) is 0 Å². The number of aromatic nitrogens is 4. The second-order valence-corrected chi connectivity index (χ2v) is 9.96. The molecule has 0 aliphatic carbocycles.